The van der Waals surface area contributed by atoms with Crippen molar-refractivity contribution in [2.24, 2.45) is 0 Å². The van der Waals surface area contributed by atoms with E-state index in [0.717, 1.165) is 12.8 Å². The Hall–Kier alpha value is -2.34. The molecule has 0 aliphatic carbocycles. The molecule has 7 heteroatoms. The van der Waals surface area contributed by atoms with Gasteiger partial charge in [-0.15, -0.1) is 0 Å². The summed E-state index contributed by atoms with van der Waals surface area (Å²) in [7, 11) is 0. The zero-order valence-electron chi connectivity index (χ0n) is 12.4. The molecule has 1 fully saturated rings. The number of amides is 1. The third-order valence-electron chi connectivity index (χ3n) is 4.07. The molecule has 0 atom stereocenters. The van der Waals surface area contributed by atoms with Crippen molar-refractivity contribution in [1.82, 2.24) is 14.7 Å². The van der Waals surface area contributed by atoms with Gasteiger partial charge < -0.3 is 10.0 Å². The van der Waals surface area contributed by atoms with Crippen molar-refractivity contribution < 1.29 is 14.7 Å². The van der Waals surface area contributed by atoms with E-state index in [0.29, 0.717) is 23.7 Å². The summed E-state index contributed by atoms with van der Waals surface area (Å²) in [4.78, 5) is 25.1. The Labute approximate surface area is 138 Å². The van der Waals surface area contributed by atoms with Crippen molar-refractivity contribution in [3.05, 3.63) is 52.8 Å². The molecular weight excluding hydrogens is 318 g/mol. The molecule has 3 rings (SSSR count). The van der Waals surface area contributed by atoms with E-state index in [1.54, 1.807) is 40.0 Å². The van der Waals surface area contributed by atoms with Crippen LogP contribution in [0.3, 0.4) is 0 Å². The number of carboxylic acids is 1. The van der Waals surface area contributed by atoms with Crippen LogP contribution in [-0.4, -0.2) is 44.8 Å². The normalized spacial score (nSPS) is 15.6. The van der Waals surface area contributed by atoms with Gasteiger partial charge >= 0.3 is 5.97 Å². The molecule has 1 saturated heterocycles. The van der Waals surface area contributed by atoms with Gasteiger partial charge in [0.2, 0.25) is 0 Å². The Morgan fingerprint density at radius 3 is 2.35 bits per heavy atom. The molecule has 0 unspecified atom stereocenters. The molecule has 1 aliphatic rings. The van der Waals surface area contributed by atoms with Gasteiger partial charge in [0, 0.05) is 29.9 Å². The number of hydrogen-bond acceptors (Lipinski definition) is 3. The fraction of sp³-hybridized carbons (Fsp3) is 0.312. The minimum Gasteiger partial charge on any atom is -0.478 e. The molecule has 0 radical (unpaired) electrons. The molecule has 1 N–H and O–H groups in total. The number of nitrogens with zero attached hydrogens (tertiary/aromatic N) is 3. The first kappa shape index (κ1) is 15.6. The van der Waals surface area contributed by atoms with Gasteiger partial charge in [0.1, 0.15) is 0 Å². The van der Waals surface area contributed by atoms with Crippen molar-refractivity contribution in [2.75, 3.05) is 13.1 Å². The standard InChI is InChI=1S/C16H16ClN3O3/c17-13-3-1-11(2-4-13)15(21)19-7-5-14(6-8-19)20-10-12(9-18-20)16(22)23/h1-4,9-10,14H,5-8H2,(H,22,23). The highest BCUT2D eigenvalue weighted by Gasteiger charge is 2.25. The second-order valence-electron chi connectivity index (χ2n) is 5.54. The van der Waals surface area contributed by atoms with E-state index in [2.05, 4.69) is 5.10 Å². The van der Waals surface area contributed by atoms with Crippen molar-refractivity contribution in [2.45, 2.75) is 18.9 Å². The molecule has 23 heavy (non-hydrogen) atoms. The van der Waals surface area contributed by atoms with E-state index in [-0.39, 0.29) is 17.5 Å². The van der Waals surface area contributed by atoms with Crippen molar-refractivity contribution in [1.29, 1.82) is 0 Å². The molecule has 1 aliphatic heterocycles. The zero-order valence-corrected chi connectivity index (χ0v) is 13.1. The van der Waals surface area contributed by atoms with Crippen LogP contribution >= 0.6 is 11.6 Å². The number of hydrogen-bond donors (Lipinski definition) is 1. The summed E-state index contributed by atoms with van der Waals surface area (Å²) in [6, 6.07) is 6.99. The van der Waals surface area contributed by atoms with E-state index >= 15 is 0 Å². The predicted octanol–water partition coefficient (Wildman–Crippen LogP) is 2.71. The number of rotatable bonds is 3. The van der Waals surface area contributed by atoms with Crippen molar-refractivity contribution in [3.63, 3.8) is 0 Å². The number of benzene rings is 1. The molecule has 0 bridgehead atoms. The number of carbonyl (C=O) groups excluding carboxylic acids is 1. The Morgan fingerprint density at radius 1 is 1.13 bits per heavy atom. The first-order chi connectivity index (χ1) is 11.0. The smallest absolute Gasteiger partial charge is 0.338 e. The molecule has 2 aromatic rings. The Balaban J connectivity index is 1.62. The molecule has 1 amide bonds. The van der Waals surface area contributed by atoms with Crippen LogP contribution < -0.4 is 0 Å². The van der Waals surface area contributed by atoms with Crippen LogP contribution in [0.25, 0.3) is 0 Å². The summed E-state index contributed by atoms with van der Waals surface area (Å²) in [6.45, 7) is 1.24. The Morgan fingerprint density at radius 2 is 1.78 bits per heavy atom. The lowest BCUT2D eigenvalue weighted by molar-refractivity contribution is 0.0688. The van der Waals surface area contributed by atoms with Crippen LogP contribution in [-0.2, 0) is 0 Å². The van der Waals surface area contributed by atoms with Crippen LogP contribution in [0.15, 0.2) is 36.7 Å². The van der Waals surface area contributed by atoms with Crippen molar-refractivity contribution >= 4 is 23.5 Å². The maximum absolute atomic E-state index is 12.4. The van der Waals surface area contributed by atoms with Crippen LogP contribution in [0.1, 0.15) is 39.6 Å². The van der Waals surface area contributed by atoms with Crippen molar-refractivity contribution in [3.8, 4) is 0 Å². The van der Waals surface area contributed by atoms with Crippen LogP contribution in [0, 0.1) is 0 Å². The number of aromatic nitrogens is 2. The van der Waals surface area contributed by atoms with Crippen LogP contribution in [0.4, 0.5) is 0 Å². The Kier molecular flexibility index (Phi) is 4.34. The third-order valence-corrected chi connectivity index (χ3v) is 4.32. The number of carbonyl (C=O) groups is 2. The predicted molar refractivity (Wildman–Crippen MR) is 84.8 cm³/mol. The topological polar surface area (TPSA) is 75.4 Å². The summed E-state index contributed by atoms with van der Waals surface area (Å²) in [5.41, 5.74) is 0.810. The molecule has 0 spiro atoms. The van der Waals surface area contributed by atoms with Gasteiger partial charge in [0.25, 0.3) is 5.91 Å². The highest BCUT2D eigenvalue weighted by atomic mass is 35.5. The van der Waals surface area contributed by atoms with E-state index in [1.165, 1.54) is 6.20 Å². The second-order valence-corrected chi connectivity index (χ2v) is 5.98. The first-order valence-corrected chi connectivity index (χ1v) is 7.74. The van der Waals surface area contributed by atoms with Gasteiger partial charge in [0.15, 0.2) is 0 Å². The first-order valence-electron chi connectivity index (χ1n) is 7.37. The zero-order chi connectivity index (χ0) is 16.4. The second kappa shape index (κ2) is 6.42. The van der Waals surface area contributed by atoms with Gasteiger partial charge in [0.05, 0.1) is 17.8 Å². The Bertz CT molecular complexity index is 718. The maximum Gasteiger partial charge on any atom is 0.338 e. The fourth-order valence-corrected chi connectivity index (χ4v) is 2.88. The lowest BCUT2D eigenvalue weighted by atomic mass is 10.0. The lowest BCUT2D eigenvalue weighted by Gasteiger charge is -2.32. The van der Waals surface area contributed by atoms with Gasteiger partial charge in [-0.05, 0) is 37.1 Å². The summed E-state index contributed by atoms with van der Waals surface area (Å²) in [5.74, 6) is -0.988. The lowest BCUT2D eigenvalue weighted by Crippen LogP contribution is -2.39. The third kappa shape index (κ3) is 3.37. The largest absolute Gasteiger partial charge is 0.478 e. The SMILES string of the molecule is O=C(O)c1cnn(C2CCN(C(=O)c3ccc(Cl)cc3)CC2)c1. The number of piperidine rings is 1. The van der Waals surface area contributed by atoms with Gasteiger partial charge in [-0.1, -0.05) is 11.6 Å². The van der Waals surface area contributed by atoms with Gasteiger partial charge in [-0.3, -0.25) is 9.48 Å². The van der Waals surface area contributed by atoms with Crippen LogP contribution in [0.5, 0.6) is 0 Å². The number of aromatic carboxylic acids is 1. The molecule has 2 heterocycles. The summed E-state index contributed by atoms with van der Waals surface area (Å²) < 4.78 is 1.69. The molecule has 1 aromatic heterocycles. The average molecular weight is 334 g/mol. The summed E-state index contributed by atoms with van der Waals surface area (Å²) in [5, 5.41) is 13.7. The molecular formula is C16H16ClN3O3. The maximum atomic E-state index is 12.4. The monoisotopic (exact) mass is 333 g/mol. The quantitative estimate of drug-likeness (QED) is 0.937. The number of halogens is 1. The molecule has 120 valence electrons. The minimum absolute atomic E-state index is 0.00759. The van der Waals surface area contributed by atoms with Crippen LogP contribution in [0.2, 0.25) is 5.02 Å². The molecule has 1 aromatic carbocycles. The van der Waals surface area contributed by atoms with E-state index in [4.69, 9.17) is 16.7 Å². The number of likely N-dealkylation sites (tertiary alicyclic amines) is 1. The summed E-state index contributed by atoms with van der Waals surface area (Å²) in [6.07, 6.45) is 4.40. The van der Waals surface area contributed by atoms with E-state index in [1.807, 2.05) is 0 Å². The summed E-state index contributed by atoms with van der Waals surface area (Å²) >= 11 is 5.84. The highest BCUT2D eigenvalue weighted by Crippen LogP contribution is 2.23. The minimum atomic E-state index is -0.980. The van der Waals surface area contributed by atoms with E-state index in [9.17, 15) is 9.59 Å². The molecule has 0 saturated carbocycles. The van der Waals surface area contributed by atoms with E-state index < -0.39 is 5.97 Å². The fourth-order valence-electron chi connectivity index (χ4n) is 2.76. The number of carboxylic acid groups (broad SMARTS) is 1. The van der Waals surface area contributed by atoms with Gasteiger partial charge in [-0.25, -0.2) is 4.79 Å². The average Bonchev–Trinajstić information content (AvgIpc) is 3.05. The molecule has 6 nitrogen and oxygen atoms in total. The highest BCUT2D eigenvalue weighted by molar-refractivity contribution is 6.30. The van der Waals surface area contributed by atoms with Gasteiger partial charge in [-0.2, -0.15) is 5.10 Å².